The van der Waals surface area contributed by atoms with Crippen molar-refractivity contribution in [3.8, 4) is 17.2 Å². The van der Waals surface area contributed by atoms with Gasteiger partial charge in [0, 0.05) is 11.1 Å². The Balaban J connectivity index is 1.67. The molecule has 0 saturated heterocycles. The highest BCUT2D eigenvalue weighted by Gasteiger charge is 2.14. The molecule has 2 aromatic carbocycles. The van der Waals surface area contributed by atoms with Crippen molar-refractivity contribution in [2.24, 2.45) is 0 Å². The minimum atomic E-state index is -0.0238. The van der Waals surface area contributed by atoms with Gasteiger partial charge in [-0.3, -0.25) is 4.79 Å². The van der Waals surface area contributed by atoms with Gasteiger partial charge in [0.15, 0.2) is 5.78 Å². The maximum absolute atomic E-state index is 12.4. The largest absolute Gasteiger partial charge is 0.496 e. The quantitative estimate of drug-likeness (QED) is 0.398. The molecule has 0 aliphatic rings. The van der Waals surface area contributed by atoms with Gasteiger partial charge in [0.2, 0.25) is 5.89 Å². The number of ketones is 1. The number of nitrogens with zero attached hydrogens (tertiary/aromatic N) is 2. The van der Waals surface area contributed by atoms with Crippen molar-refractivity contribution in [3.05, 3.63) is 57.6 Å². The third-order valence-corrected chi connectivity index (χ3v) is 5.40. The zero-order chi connectivity index (χ0) is 18.7. The van der Waals surface area contributed by atoms with Crippen LogP contribution < -0.4 is 4.74 Å². The molecule has 0 N–H and O–H groups in total. The second-order valence-corrected chi connectivity index (χ2v) is 7.51. The second kappa shape index (κ2) is 8.05. The molecule has 134 valence electrons. The minimum Gasteiger partial charge on any atom is -0.496 e. The number of aryl methyl sites for hydroxylation is 2. The van der Waals surface area contributed by atoms with Gasteiger partial charge in [0.05, 0.1) is 17.3 Å². The number of ether oxygens (including phenoxy) is 1. The molecule has 0 amide bonds. The van der Waals surface area contributed by atoms with Crippen molar-refractivity contribution in [2.45, 2.75) is 19.1 Å². The first-order valence-electron chi connectivity index (χ1n) is 7.88. The van der Waals surface area contributed by atoms with Gasteiger partial charge >= 0.3 is 0 Å². The number of halogens is 1. The van der Waals surface area contributed by atoms with Crippen LogP contribution in [-0.2, 0) is 0 Å². The standard InChI is InChI=1S/C19H17BrN2O3S/c1-11-4-5-14(8-12(11)2)18-21-22-19(25-18)26-10-16(23)13-6-7-17(24-3)15(20)9-13/h4-9H,10H2,1-3H3. The molecule has 3 aromatic rings. The van der Waals surface area contributed by atoms with Gasteiger partial charge in [-0.05, 0) is 71.2 Å². The van der Waals surface area contributed by atoms with Gasteiger partial charge in [-0.25, -0.2) is 0 Å². The predicted octanol–water partition coefficient (Wildman–Crippen LogP) is 5.10. The minimum absolute atomic E-state index is 0.0238. The van der Waals surface area contributed by atoms with Crippen LogP contribution in [0.2, 0.25) is 0 Å². The van der Waals surface area contributed by atoms with E-state index in [1.807, 2.05) is 25.1 Å². The molecule has 0 unspecified atom stereocenters. The van der Waals surface area contributed by atoms with Gasteiger partial charge < -0.3 is 9.15 Å². The number of carbonyl (C=O) groups is 1. The topological polar surface area (TPSA) is 65.2 Å². The molecule has 0 aliphatic heterocycles. The number of carbonyl (C=O) groups excluding carboxylic acids is 1. The summed E-state index contributed by atoms with van der Waals surface area (Å²) in [5, 5.41) is 8.47. The normalized spacial score (nSPS) is 10.8. The molecule has 26 heavy (non-hydrogen) atoms. The van der Waals surface area contributed by atoms with Crippen molar-refractivity contribution in [1.82, 2.24) is 10.2 Å². The van der Waals surface area contributed by atoms with E-state index in [0.29, 0.717) is 22.4 Å². The van der Waals surface area contributed by atoms with Crippen LogP contribution in [0, 0.1) is 13.8 Å². The molecule has 0 saturated carbocycles. The van der Waals surface area contributed by atoms with E-state index < -0.39 is 0 Å². The van der Waals surface area contributed by atoms with Gasteiger partial charge in [0.25, 0.3) is 5.22 Å². The van der Waals surface area contributed by atoms with Crippen LogP contribution in [0.15, 0.2) is 50.5 Å². The van der Waals surface area contributed by atoms with E-state index in [4.69, 9.17) is 9.15 Å². The highest BCUT2D eigenvalue weighted by molar-refractivity contribution is 9.10. The fourth-order valence-corrected chi connectivity index (χ4v) is 3.51. The average Bonchev–Trinajstić information content (AvgIpc) is 3.11. The van der Waals surface area contributed by atoms with Crippen LogP contribution in [-0.4, -0.2) is 28.8 Å². The number of hydrogen-bond acceptors (Lipinski definition) is 6. The van der Waals surface area contributed by atoms with Crippen molar-refractivity contribution < 1.29 is 13.9 Å². The summed E-state index contributed by atoms with van der Waals surface area (Å²) >= 11 is 4.61. The summed E-state index contributed by atoms with van der Waals surface area (Å²) in [5.41, 5.74) is 3.84. The molecule has 1 heterocycles. The monoisotopic (exact) mass is 432 g/mol. The lowest BCUT2D eigenvalue weighted by atomic mass is 10.1. The maximum Gasteiger partial charge on any atom is 0.277 e. The predicted molar refractivity (Wildman–Crippen MR) is 105 cm³/mol. The Morgan fingerprint density at radius 2 is 1.96 bits per heavy atom. The number of thioether (sulfide) groups is 1. The van der Waals surface area contributed by atoms with Crippen LogP contribution in [0.4, 0.5) is 0 Å². The average molecular weight is 433 g/mol. The summed E-state index contributed by atoms with van der Waals surface area (Å²) < 4.78 is 11.6. The van der Waals surface area contributed by atoms with Gasteiger partial charge in [-0.2, -0.15) is 0 Å². The zero-order valence-corrected chi connectivity index (χ0v) is 17.0. The molecule has 3 rings (SSSR count). The first-order chi connectivity index (χ1) is 12.5. The number of methoxy groups -OCH3 is 1. The number of Topliss-reactive ketones (excluding diaryl/α,β-unsaturated/α-hetero) is 1. The molecule has 0 spiro atoms. The Kier molecular flexibility index (Phi) is 5.78. The third kappa shape index (κ3) is 4.16. The highest BCUT2D eigenvalue weighted by Crippen LogP contribution is 2.28. The Bertz CT molecular complexity index is 956. The summed E-state index contributed by atoms with van der Waals surface area (Å²) in [6.45, 7) is 4.09. The van der Waals surface area contributed by atoms with E-state index >= 15 is 0 Å². The van der Waals surface area contributed by atoms with E-state index in [2.05, 4.69) is 33.1 Å². The van der Waals surface area contributed by atoms with E-state index in [0.717, 1.165) is 15.6 Å². The molecular formula is C19H17BrN2O3S. The smallest absolute Gasteiger partial charge is 0.277 e. The Labute approximate surface area is 164 Å². The molecule has 0 radical (unpaired) electrons. The Hall–Kier alpha value is -2.12. The lowest BCUT2D eigenvalue weighted by molar-refractivity contribution is 0.102. The van der Waals surface area contributed by atoms with Crippen LogP contribution in [0.3, 0.4) is 0 Å². The van der Waals surface area contributed by atoms with Gasteiger partial charge in [-0.1, -0.05) is 17.8 Å². The fraction of sp³-hybridized carbons (Fsp3) is 0.211. The molecule has 0 bridgehead atoms. The zero-order valence-electron chi connectivity index (χ0n) is 14.6. The van der Waals surface area contributed by atoms with Crippen molar-refractivity contribution in [2.75, 3.05) is 12.9 Å². The van der Waals surface area contributed by atoms with E-state index in [1.165, 1.54) is 17.3 Å². The lowest BCUT2D eigenvalue weighted by Crippen LogP contribution is -2.02. The van der Waals surface area contributed by atoms with Gasteiger partial charge in [0.1, 0.15) is 5.75 Å². The van der Waals surface area contributed by atoms with Crippen LogP contribution in [0.1, 0.15) is 21.5 Å². The SMILES string of the molecule is COc1ccc(C(=O)CSc2nnc(-c3ccc(C)c(C)c3)o2)cc1Br. The fourth-order valence-electron chi connectivity index (χ4n) is 2.31. The van der Waals surface area contributed by atoms with Crippen LogP contribution >= 0.6 is 27.7 Å². The number of rotatable bonds is 6. The Morgan fingerprint density at radius 1 is 1.15 bits per heavy atom. The molecule has 5 nitrogen and oxygen atoms in total. The Morgan fingerprint density at radius 3 is 2.65 bits per heavy atom. The molecule has 1 aromatic heterocycles. The third-order valence-electron chi connectivity index (χ3n) is 3.96. The second-order valence-electron chi connectivity index (χ2n) is 5.73. The number of hydrogen-bond donors (Lipinski definition) is 0. The molecular weight excluding hydrogens is 416 g/mol. The van der Waals surface area contributed by atoms with Crippen molar-refractivity contribution in [1.29, 1.82) is 0 Å². The molecule has 0 atom stereocenters. The molecule has 0 aliphatic carbocycles. The summed E-state index contributed by atoms with van der Waals surface area (Å²) in [5.74, 6) is 1.33. The van der Waals surface area contributed by atoms with E-state index in [1.54, 1.807) is 25.3 Å². The molecule has 0 fully saturated rings. The van der Waals surface area contributed by atoms with Crippen molar-refractivity contribution >= 4 is 33.5 Å². The number of aromatic nitrogens is 2. The summed E-state index contributed by atoms with van der Waals surface area (Å²) in [6, 6.07) is 11.2. The van der Waals surface area contributed by atoms with Crippen LogP contribution in [0.25, 0.3) is 11.5 Å². The van der Waals surface area contributed by atoms with Gasteiger partial charge in [-0.15, -0.1) is 10.2 Å². The lowest BCUT2D eigenvalue weighted by Gasteiger charge is -2.05. The van der Waals surface area contributed by atoms with E-state index in [9.17, 15) is 4.79 Å². The van der Waals surface area contributed by atoms with Crippen LogP contribution in [0.5, 0.6) is 5.75 Å². The summed E-state index contributed by atoms with van der Waals surface area (Å²) in [4.78, 5) is 12.4. The van der Waals surface area contributed by atoms with Crippen molar-refractivity contribution in [3.63, 3.8) is 0 Å². The summed E-state index contributed by atoms with van der Waals surface area (Å²) in [7, 11) is 1.58. The first-order valence-corrected chi connectivity index (χ1v) is 9.66. The highest BCUT2D eigenvalue weighted by atomic mass is 79.9. The molecule has 7 heteroatoms. The first kappa shape index (κ1) is 18.7. The summed E-state index contributed by atoms with van der Waals surface area (Å²) in [6.07, 6.45) is 0. The maximum atomic E-state index is 12.4. The number of benzene rings is 2. The van der Waals surface area contributed by atoms with E-state index in [-0.39, 0.29) is 11.5 Å².